The van der Waals surface area contributed by atoms with Crippen molar-refractivity contribution in [1.29, 1.82) is 0 Å². The molecule has 110 valence electrons. The van der Waals surface area contributed by atoms with Gasteiger partial charge in [0.1, 0.15) is 11.3 Å². The zero-order chi connectivity index (χ0) is 14.9. The highest BCUT2D eigenvalue weighted by atomic mass is 35.5. The molecule has 0 saturated heterocycles. The standard InChI is InChI=1S/C16H14ClF2NO/c17-13-3-1-2-12(10-13)4-5-14-11-15(21-20-14)6-8-16(18,19)9-7-15/h1-3,10H,6-9,11H2. The van der Waals surface area contributed by atoms with Crippen LogP contribution in [0.2, 0.25) is 5.02 Å². The molecule has 1 spiro atoms. The number of alkyl halides is 2. The summed E-state index contributed by atoms with van der Waals surface area (Å²) in [7, 11) is 0. The lowest BCUT2D eigenvalue weighted by atomic mass is 9.80. The van der Waals surface area contributed by atoms with Crippen molar-refractivity contribution in [1.82, 2.24) is 0 Å². The van der Waals surface area contributed by atoms with Crippen molar-refractivity contribution in [3.63, 3.8) is 0 Å². The lowest BCUT2D eigenvalue weighted by Crippen LogP contribution is -2.38. The summed E-state index contributed by atoms with van der Waals surface area (Å²) in [6.07, 6.45) is 0.878. The molecule has 0 N–H and O–H groups in total. The molecule has 3 rings (SSSR count). The summed E-state index contributed by atoms with van der Waals surface area (Å²) in [5.74, 6) is 3.35. The molecule has 0 aromatic heterocycles. The van der Waals surface area contributed by atoms with Crippen LogP contribution in [0.3, 0.4) is 0 Å². The molecule has 0 atom stereocenters. The van der Waals surface area contributed by atoms with E-state index in [4.69, 9.17) is 16.4 Å². The molecule has 1 aromatic carbocycles. The lowest BCUT2D eigenvalue weighted by molar-refractivity contribution is -0.119. The monoisotopic (exact) mass is 309 g/mol. The topological polar surface area (TPSA) is 21.6 Å². The Morgan fingerprint density at radius 1 is 1.14 bits per heavy atom. The summed E-state index contributed by atoms with van der Waals surface area (Å²) < 4.78 is 26.4. The Balaban J connectivity index is 1.66. The fourth-order valence-corrected chi connectivity index (χ4v) is 2.83. The highest BCUT2D eigenvalue weighted by Gasteiger charge is 2.47. The molecule has 0 radical (unpaired) electrons. The van der Waals surface area contributed by atoms with Gasteiger partial charge in [0.25, 0.3) is 0 Å². The maximum atomic E-state index is 13.2. The van der Waals surface area contributed by atoms with Gasteiger partial charge in [0.15, 0.2) is 0 Å². The second-order valence-electron chi connectivity index (χ2n) is 5.61. The average Bonchev–Trinajstić information content (AvgIpc) is 2.85. The summed E-state index contributed by atoms with van der Waals surface area (Å²) >= 11 is 5.89. The molecule has 21 heavy (non-hydrogen) atoms. The summed E-state index contributed by atoms with van der Waals surface area (Å²) in [6, 6.07) is 7.22. The van der Waals surface area contributed by atoms with Gasteiger partial charge in [-0.05, 0) is 37.0 Å². The van der Waals surface area contributed by atoms with Gasteiger partial charge in [0.05, 0.1) is 0 Å². The molecule has 1 heterocycles. The van der Waals surface area contributed by atoms with Gasteiger partial charge in [-0.3, -0.25) is 0 Å². The third-order valence-electron chi connectivity index (χ3n) is 3.91. The van der Waals surface area contributed by atoms with Crippen LogP contribution in [-0.2, 0) is 4.84 Å². The van der Waals surface area contributed by atoms with Crippen molar-refractivity contribution in [2.24, 2.45) is 5.16 Å². The second kappa shape index (κ2) is 5.31. The van der Waals surface area contributed by atoms with E-state index >= 15 is 0 Å². The van der Waals surface area contributed by atoms with Gasteiger partial charge >= 0.3 is 0 Å². The van der Waals surface area contributed by atoms with Gasteiger partial charge < -0.3 is 4.84 Å². The first-order valence-corrected chi connectivity index (χ1v) is 7.25. The van der Waals surface area contributed by atoms with Crippen LogP contribution in [0.1, 0.15) is 37.7 Å². The van der Waals surface area contributed by atoms with E-state index < -0.39 is 11.5 Å². The molecule has 2 aliphatic rings. The van der Waals surface area contributed by atoms with Crippen molar-refractivity contribution >= 4 is 17.3 Å². The Kier molecular flexibility index (Phi) is 3.62. The molecule has 1 fully saturated rings. The van der Waals surface area contributed by atoms with E-state index in [1.807, 2.05) is 12.1 Å². The number of oxime groups is 1. The highest BCUT2D eigenvalue weighted by Crippen LogP contribution is 2.44. The minimum atomic E-state index is -2.57. The maximum Gasteiger partial charge on any atom is 0.248 e. The molecule has 0 bridgehead atoms. The van der Waals surface area contributed by atoms with Crippen molar-refractivity contribution in [3.8, 4) is 11.8 Å². The Bertz CT molecular complexity index is 635. The van der Waals surface area contributed by atoms with Crippen LogP contribution in [0.15, 0.2) is 29.4 Å². The number of halogens is 3. The van der Waals surface area contributed by atoms with E-state index in [9.17, 15) is 8.78 Å². The molecule has 1 aromatic rings. The maximum absolute atomic E-state index is 13.2. The Labute approximate surface area is 127 Å². The first-order valence-electron chi connectivity index (χ1n) is 6.87. The number of rotatable bonds is 0. The Morgan fingerprint density at radius 3 is 2.62 bits per heavy atom. The lowest BCUT2D eigenvalue weighted by Gasteiger charge is -2.34. The van der Waals surface area contributed by atoms with Crippen LogP contribution < -0.4 is 0 Å². The number of nitrogens with zero attached hydrogens (tertiary/aromatic N) is 1. The zero-order valence-corrected chi connectivity index (χ0v) is 12.1. The quantitative estimate of drug-likeness (QED) is 0.650. The van der Waals surface area contributed by atoms with Crippen LogP contribution in [0, 0.1) is 11.8 Å². The molecule has 0 unspecified atom stereocenters. The molecular formula is C16H14ClF2NO. The van der Waals surface area contributed by atoms with E-state index in [2.05, 4.69) is 17.0 Å². The summed E-state index contributed by atoms with van der Waals surface area (Å²) in [4.78, 5) is 5.43. The van der Waals surface area contributed by atoms with Crippen molar-refractivity contribution < 1.29 is 13.6 Å². The Morgan fingerprint density at radius 2 is 1.90 bits per heavy atom. The van der Waals surface area contributed by atoms with Gasteiger partial charge in [-0.1, -0.05) is 28.7 Å². The fourth-order valence-electron chi connectivity index (χ4n) is 2.64. The van der Waals surface area contributed by atoms with Gasteiger partial charge in [0, 0.05) is 29.8 Å². The summed E-state index contributed by atoms with van der Waals surface area (Å²) in [5.41, 5.74) is 0.835. The fraction of sp³-hybridized carbons (Fsp3) is 0.438. The first kappa shape index (κ1) is 14.3. The minimum absolute atomic E-state index is 0.141. The summed E-state index contributed by atoms with van der Waals surface area (Å²) in [5, 5.41) is 4.59. The van der Waals surface area contributed by atoms with Crippen molar-refractivity contribution in [2.45, 2.75) is 43.6 Å². The van der Waals surface area contributed by atoms with E-state index in [1.54, 1.807) is 12.1 Å². The third kappa shape index (κ3) is 3.36. The van der Waals surface area contributed by atoms with E-state index in [1.165, 1.54) is 0 Å². The van der Waals surface area contributed by atoms with Crippen molar-refractivity contribution in [2.75, 3.05) is 0 Å². The predicted molar refractivity (Wildman–Crippen MR) is 77.6 cm³/mol. The van der Waals surface area contributed by atoms with Gasteiger partial charge in [-0.15, -0.1) is 0 Å². The molecule has 0 amide bonds. The van der Waals surface area contributed by atoms with E-state index in [-0.39, 0.29) is 12.8 Å². The minimum Gasteiger partial charge on any atom is -0.388 e. The first-order chi connectivity index (χ1) is 9.96. The van der Waals surface area contributed by atoms with Crippen LogP contribution in [0.25, 0.3) is 0 Å². The third-order valence-corrected chi connectivity index (χ3v) is 4.14. The van der Waals surface area contributed by atoms with Crippen LogP contribution in [-0.4, -0.2) is 17.2 Å². The second-order valence-corrected chi connectivity index (χ2v) is 6.04. The van der Waals surface area contributed by atoms with Gasteiger partial charge in [-0.2, -0.15) is 0 Å². The molecule has 1 aliphatic heterocycles. The largest absolute Gasteiger partial charge is 0.388 e. The van der Waals surface area contributed by atoms with Crippen LogP contribution in [0.5, 0.6) is 0 Å². The van der Waals surface area contributed by atoms with Crippen molar-refractivity contribution in [3.05, 3.63) is 34.9 Å². The van der Waals surface area contributed by atoms with Crippen LogP contribution in [0.4, 0.5) is 8.78 Å². The van der Waals surface area contributed by atoms with E-state index in [0.717, 1.165) is 5.56 Å². The number of benzene rings is 1. The molecular weight excluding hydrogens is 296 g/mol. The smallest absolute Gasteiger partial charge is 0.248 e. The van der Waals surface area contributed by atoms with Gasteiger partial charge in [0.2, 0.25) is 5.92 Å². The predicted octanol–water partition coefficient (Wildman–Crippen LogP) is 4.42. The van der Waals surface area contributed by atoms with Crippen LogP contribution >= 0.6 is 11.6 Å². The molecule has 2 nitrogen and oxygen atoms in total. The SMILES string of the molecule is FC1(F)CCC2(CC1)CC(C#Cc1cccc(Cl)c1)=NO2. The molecule has 5 heteroatoms. The number of hydrogen-bond donors (Lipinski definition) is 0. The molecule has 1 aliphatic carbocycles. The molecule has 1 saturated carbocycles. The highest BCUT2D eigenvalue weighted by molar-refractivity contribution is 6.30. The Hall–Kier alpha value is -1.60. The zero-order valence-electron chi connectivity index (χ0n) is 11.3. The number of hydrogen-bond acceptors (Lipinski definition) is 2. The summed E-state index contributed by atoms with van der Waals surface area (Å²) in [6.45, 7) is 0. The average molecular weight is 310 g/mol. The van der Waals surface area contributed by atoms with Gasteiger partial charge in [-0.25, -0.2) is 8.78 Å². The normalized spacial score (nSPS) is 22.1. The van der Waals surface area contributed by atoms with E-state index in [0.29, 0.717) is 30.0 Å².